The lowest BCUT2D eigenvalue weighted by Gasteiger charge is -2.50. The maximum Gasteiger partial charge on any atom is 0.328 e. The summed E-state index contributed by atoms with van der Waals surface area (Å²) in [7, 11) is 0. The second kappa shape index (κ2) is 11.4. The number of halogens is 2. The highest BCUT2D eigenvalue weighted by Gasteiger charge is 2.70. The molecular weight excluding hydrogens is 639 g/mol. The number of nitrogens with zero attached hydrogens (tertiary/aromatic N) is 2. The van der Waals surface area contributed by atoms with Crippen LogP contribution < -0.4 is 11.2 Å². The standard InChI is InChI=1S/C36H30ClFN4O6/c1-2-4-18-5-3-6-25(30(18)43)29-23-15-16-24-28(33(46)41(31(24)44)35(39)48)26(23)17-27-32(45)42(40-22-13-11-21(38)12-14-22)34(47)36(27,29)19-7-9-20(37)10-8-19/h2-3,5-15,24,26-29,40,43H,1,4,16-17H2,(H2,39,48). The van der Waals surface area contributed by atoms with Gasteiger partial charge in [0.2, 0.25) is 11.8 Å². The summed E-state index contributed by atoms with van der Waals surface area (Å²) in [6.07, 6.45) is 3.78. The van der Waals surface area contributed by atoms with Crippen molar-refractivity contribution in [2.24, 2.45) is 29.4 Å². The lowest BCUT2D eigenvalue weighted by atomic mass is 9.49. The molecule has 0 aromatic heterocycles. The maximum absolute atomic E-state index is 15.1. The van der Waals surface area contributed by atoms with Crippen LogP contribution in [0, 0.1) is 29.5 Å². The van der Waals surface area contributed by atoms with E-state index in [1.807, 2.05) is 0 Å². The van der Waals surface area contributed by atoms with E-state index >= 15 is 4.79 Å². The van der Waals surface area contributed by atoms with Crippen molar-refractivity contribution in [2.45, 2.75) is 30.6 Å². The van der Waals surface area contributed by atoms with E-state index in [1.165, 1.54) is 24.3 Å². The summed E-state index contributed by atoms with van der Waals surface area (Å²) < 4.78 is 13.8. The number of hydrogen-bond acceptors (Lipinski definition) is 7. The highest BCUT2D eigenvalue weighted by atomic mass is 35.5. The monoisotopic (exact) mass is 668 g/mol. The summed E-state index contributed by atoms with van der Waals surface area (Å²) in [4.78, 5) is 69.4. The van der Waals surface area contributed by atoms with Crippen LogP contribution in [0.2, 0.25) is 5.02 Å². The molecule has 4 aliphatic rings. The molecule has 3 aromatic rings. The number of amides is 6. The first-order valence-electron chi connectivity index (χ1n) is 15.5. The van der Waals surface area contributed by atoms with Crippen molar-refractivity contribution in [3.05, 3.63) is 119 Å². The van der Waals surface area contributed by atoms with Crippen molar-refractivity contribution in [1.29, 1.82) is 0 Å². The van der Waals surface area contributed by atoms with E-state index in [2.05, 4.69) is 12.0 Å². The van der Waals surface area contributed by atoms with Crippen LogP contribution in [0.5, 0.6) is 5.75 Å². The number of para-hydroxylation sites is 1. The number of benzene rings is 3. The zero-order chi connectivity index (χ0) is 34.1. The zero-order valence-electron chi connectivity index (χ0n) is 25.4. The van der Waals surface area contributed by atoms with Gasteiger partial charge in [0.05, 0.1) is 28.9 Å². The molecule has 0 radical (unpaired) electrons. The van der Waals surface area contributed by atoms with Crippen molar-refractivity contribution in [3.8, 4) is 5.75 Å². The van der Waals surface area contributed by atoms with Crippen LogP contribution >= 0.6 is 11.6 Å². The average Bonchev–Trinajstić information content (AvgIpc) is 3.45. The predicted octanol–water partition coefficient (Wildman–Crippen LogP) is 4.98. The summed E-state index contributed by atoms with van der Waals surface area (Å²) in [5.74, 6) is -8.09. The summed E-state index contributed by atoms with van der Waals surface area (Å²) in [5.41, 5.74) is 8.86. The normalized spacial score (nSPS) is 27.7. The number of urea groups is 1. The Kier molecular flexibility index (Phi) is 7.47. The van der Waals surface area contributed by atoms with E-state index in [4.69, 9.17) is 17.3 Å². The van der Waals surface area contributed by atoms with Gasteiger partial charge in [-0.3, -0.25) is 24.6 Å². The largest absolute Gasteiger partial charge is 0.507 e. The minimum Gasteiger partial charge on any atom is -0.507 e. The molecule has 48 heavy (non-hydrogen) atoms. The number of fused-ring (bicyclic) bond motifs is 4. The molecule has 6 unspecified atom stereocenters. The number of aromatic hydroxyl groups is 1. The van der Waals surface area contributed by atoms with Gasteiger partial charge in [-0.15, -0.1) is 6.58 Å². The second-order valence-corrected chi connectivity index (χ2v) is 13.0. The number of imide groups is 4. The van der Waals surface area contributed by atoms with Gasteiger partial charge in [0.1, 0.15) is 11.6 Å². The van der Waals surface area contributed by atoms with Gasteiger partial charge in [-0.1, -0.05) is 59.7 Å². The van der Waals surface area contributed by atoms with Crippen LogP contribution in [0.1, 0.15) is 35.4 Å². The van der Waals surface area contributed by atoms with Crippen LogP contribution in [0.15, 0.2) is 91.0 Å². The Morgan fingerprint density at radius 2 is 1.73 bits per heavy atom. The number of carbonyl (C=O) groups is 5. The van der Waals surface area contributed by atoms with Gasteiger partial charge in [0.25, 0.3) is 11.8 Å². The minimum atomic E-state index is -1.66. The molecule has 2 saturated heterocycles. The van der Waals surface area contributed by atoms with Crippen molar-refractivity contribution >= 4 is 46.9 Å². The number of primary amides is 1. The molecule has 0 spiro atoms. The smallest absolute Gasteiger partial charge is 0.328 e. The third-order valence-corrected chi connectivity index (χ3v) is 10.6. The molecule has 6 amide bonds. The Morgan fingerprint density at radius 3 is 2.40 bits per heavy atom. The molecule has 0 bridgehead atoms. The molecule has 2 aliphatic carbocycles. The Hall–Kier alpha value is -5.29. The molecule has 7 rings (SSSR count). The number of allylic oxidation sites excluding steroid dienone is 3. The number of phenols is 1. The number of likely N-dealkylation sites (tertiary alicyclic amines) is 1. The lowest BCUT2D eigenvalue weighted by Crippen LogP contribution is -2.53. The van der Waals surface area contributed by atoms with Gasteiger partial charge < -0.3 is 10.8 Å². The first-order chi connectivity index (χ1) is 23.0. The molecule has 2 aliphatic heterocycles. The Morgan fingerprint density at radius 1 is 1.02 bits per heavy atom. The number of hydrogen-bond donors (Lipinski definition) is 3. The first kappa shape index (κ1) is 31.3. The van der Waals surface area contributed by atoms with E-state index in [-0.39, 0.29) is 24.3 Å². The topological polar surface area (TPSA) is 150 Å². The molecule has 4 N–H and O–H groups in total. The van der Waals surface area contributed by atoms with E-state index in [9.17, 15) is 28.7 Å². The third kappa shape index (κ3) is 4.41. The first-order valence-corrected chi connectivity index (χ1v) is 15.8. The van der Waals surface area contributed by atoms with Crippen molar-refractivity contribution in [2.75, 3.05) is 5.43 Å². The van der Waals surface area contributed by atoms with Crippen molar-refractivity contribution < 1.29 is 33.5 Å². The second-order valence-electron chi connectivity index (χ2n) is 12.6. The number of carbonyl (C=O) groups excluding carboxylic acids is 5. The highest BCUT2D eigenvalue weighted by molar-refractivity contribution is 6.30. The summed E-state index contributed by atoms with van der Waals surface area (Å²) in [6.45, 7) is 3.79. The van der Waals surface area contributed by atoms with E-state index in [0.29, 0.717) is 38.6 Å². The molecule has 244 valence electrons. The average molecular weight is 669 g/mol. The van der Waals surface area contributed by atoms with Gasteiger partial charge in [-0.25, -0.2) is 9.18 Å². The number of rotatable bonds is 6. The Bertz CT molecular complexity index is 1950. The van der Waals surface area contributed by atoms with E-state index in [0.717, 1.165) is 5.01 Å². The zero-order valence-corrected chi connectivity index (χ0v) is 26.2. The number of phenolic OH excluding ortho intramolecular Hbond substituents is 1. The van der Waals surface area contributed by atoms with Gasteiger partial charge in [0.15, 0.2) is 0 Å². The van der Waals surface area contributed by atoms with Crippen molar-refractivity contribution in [3.63, 3.8) is 0 Å². The van der Waals surface area contributed by atoms with Gasteiger partial charge in [-0.2, -0.15) is 9.91 Å². The van der Waals surface area contributed by atoms with Crippen LogP contribution in [0.4, 0.5) is 14.9 Å². The van der Waals surface area contributed by atoms with Crippen LogP contribution in [0.3, 0.4) is 0 Å². The molecule has 12 heteroatoms. The van der Waals surface area contributed by atoms with Gasteiger partial charge >= 0.3 is 6.03 Å². The van der Waals surface area contributed by atoms with Gasteiger partial charge in [0, 0.05) is 16.5 Å². The Balaban J connectivity index is 1.49. The fraction of sp³-hybridized carbons (Fsp3) is 0.250. The van der Waals surface area contributed by atoms with Crippen LogP contribution in [-0.2, 0) is 31.0 Å². The molecule has 2 heterocycles. The summed E-state index contributed by atoms with van der Waals surface area (Å²) >= 11 is 6.30. The lowest BCUT2D eigenvalue weighted by molar-refractivity contribution is -0.139. The maximum atomic E-state index is 15.1. The summed E-state index contributed by atoms with van der Waals surface area (Å²) in [6, 6.07) is 15.7. The molecule has 3 fully saturated rings. The number of anilines is 1. The fourth-order valence-corrected chi connectivity index (χ4v) is 8.51. The number of nitrogens with two attached hydrogens (primary N) is 1. The highest BCUT2D eigenvalue weighted by Crippen LogP contribution is 2.65. The molecular formula is C36H30ClFN4O6. The van der Waals surface area contributed by atoms with Crippen molar-refractivity contribution in [1.82, 2.24) is 9.91 Å². The quantitative estimate of drug-likeness (QED) is 0.248. The SMILES string of the molecule is C=CCc1cccc(C2C3=CCC4C(=O)N(C(N)=O)C(=O)C4C3CC3C(=O)N(Nc4ccc(F)cc4)C(=O)C32c2ccc(Cl)cc2)c1O. The Labute approximate surface area is 279 Å². The molecule has 10 nitrogen and oxygen atoms in total. The van der Waals surface area contributed by atoms with Gasteiger partial charge in [-0.05, 0) is 72.7 Å². The predicted molar refractivity (Wildman–Crippen MR) is 172 cm³/mol. The fourth-order valence-electron chi connectivity index (χ4n) is 8.38. The van der Waals surface area contributed by atoms with E-state index < -0.39 is 70.5 Å². The molecule has 6 atom stereocenters. The van der Waals surface area contributed by atoms with Crippen LogP contribution in [-0.4, -0.2) is 44.7 Å². The van der Waals surface area contributed by atoms with E-state index in [1.54, 1.807) is 54.6 Å². The third-order valence-electron chi connectivity index (χ3n) is 10.3. The minimum absolute atomic E-state index is 0.0307. The number of nitrogens with one attached hydrogen (secondary N) is 1. The van der Waals surface area contributed by atoms with Crippen LogP contribution in [0.25, 0.3) is 0 Å². The molecule has 3 aromatic carbocycles. The summed E-state index contributed by atoms with van der Waals surface area (Å²) in [5, 5.41) is 13.1. The molecule has 1 saturated carbocycles. The number of hydrazine groups is 1.